The lowest BCUT2D eigenvalue weighted by Crippen LogP contribution is -2.39. The van der Waals surface area contributed by atoms with Gasteiger partial charge >= 0.3 is 0 Å². The number of hydrogen-bond acceptors (Lipinski definition) is 2. The number of carbonyl (C=O) groups excluding carboxylic acids is 1. The molecule has 0 spiro atoms. The molecule has 4 rings (SSSR count). The minimum Gasteiger partial charge on any atom is -0.320 e. The smallest absolute Gasteiger partial charge is 0.290 e. The van der Waals surface area contributed by atoms with Gasteiger partial charge in [0.25, 0.3) is 5.91 Å². The zero-order valence-electron chi connectivity index (χ0n) is 13.5. The largest absolute Gasteiger partial charge is 0.320 e. The van der Waals surface area contributed by atoms with Gasteiger partial charge in [-0.2, -0.15) is 4.57 Å². The van der Waals surface area contributed by atoms with Gasteiger partial charge in [0, 0.05) is 23.2 Å². The first-order chi connectivity index (χ1) is 11.8. The molecule has 0 saturated heterocycles. The first-order valence-corrected chi connectivity index (χ1v) is 8.46. The topological polar surface area (TPSA) is 45.9 Å². The average Bonchev–Trinajstić information content (AvgIpc) is 2.62. The van der Waals surface area contributed by atoms with Gasteiger partial charge in [-0.25, -0.2) is 0 Å². The zero-order chi connectivity index (χ0) is 16.4. The first kappa shape index (κ1) is 14.8. The van der Waals surface area contributed by atoms with Crippen molar-refractivity contribution in [2.75, 3.05) is 5.32 Å². The highest BCUT2D eigenvalue weighted by Gasteiger charge is 2.20. The van der Waals surface area contributed by atoms with Gasteiger partial charge in [-0.15, -0.1) is 0 Å². The maximum atomic E-state index is 12.6. The van der Waals surface area contributed by atoms with Crippen LogP contribution in [0.5, 0.6) is 0 Å². The highest BCUT2D eigenvalue weighted by atomic mass is 16.1. The molecule has 0 atom stereocenters. The molecule has 2 aromatic heterocycles. The lowest BCUT2D eigenvalue weighted by molar-refractivity contribution is -0.684. The van der Waals surface area contributed by atoms with E-state index in [0.717, 1.165) is 41.5 Å². The number of amides is 1. The number of benzene rings is 1. The third kappa shape index (κ3) is 2.87. The van der Waals surface area contributed by atoms with E-state index in [-0.39, 0.29) is 5.91 Å². The summed E-state index contributed by atoms with van der Waals surface area (Å²) in [6, 6.07) is 13.9. The minimum absolute atomic E-state index is 0.00433. The van der Waals surface area contributed by atoms with Gasteiger partial charge in [-0.05, 0) is 37.3 Å². The predicted molar refractivity (Wildman–Crippen MR) is 93.7 cm³/mol. The molecule has 24 heavy (non-hydrogen) atoms. The monoisotopic (exact) mass is 318 g/mol. The summed E-state index contributed by atoms with van der Waals surface area (Å²) in [5, 5.41) is 4.19. The summed E-state index contributed by atoms with van der Waals surface area (Å²) in [6.45, 7) is 0.312. The van der Waals surface area contributed by atoms with Crippen LogP contribution >= 0.6 is 0 Å². The second-order valence-corrected chi connectivity index (χ2v) is 6.23. The molecule has 2 heterocycles. The Morgan fingerprint density at radius 2 is 1.83 bits per heavy atom. The maximum Gasteiger partial charge on any atom is 0.290 e. The van der Waals surface area contributed by atoms with Crippen molar-refractivity contribution in [2.24, 2.45) is 0 Å². The van der Waals surface area contributed by atoms with Crippen molar-refractivity contribution in [1.82, 2.24) is 4.98 Å². The lowest BCUT2D eigenvalue weighted by atomic mass is 9.92. The fourth-order valence-corrected chi connectivity index (χ4v) is 3.40. The van der Waals surface area contributed by atoms with Crippen LogP contribution in [0, 0.1) is 0 Å². The Balaban J connectivity index is 1.71. The average molecular weight is 318 g/mol. The number of fused-ring (bicyclic) bond motifs is 2. The predicted octanol–water partition coefficient (Wildman–Crippen LogP) is 3.04. The molecule has 4 heteroatoms. The summed E-state index contributed by atoms with van der Waals surface area (Å²) in [4.78, 5) is 17.4. The van der Waals surface area contributed by atoms with Crippen LogP contribution < -0.4 is 9.88 Å². The molecule has 1 aliphatic carbocycles. The first-order valence-electron chi connectivity index (χ1n) is 8.46. The standard InChI is InChI=1S/C20H19N3O/c24-19(14-23-12-6-1-7-13-23)22-20-15-8-2-4-10-17(15)21-18-11-5-3-9-16(18)20/h1-2,4,6-8,10,12-13H,3,5,9,11,14H2/p+1. The Morgan fingerprint density at radius 3 is 2.71 bits per heavy atom. The van der Waals surface area contributed by atoms with Crippen LogP contribution in [-0.4, -0.2) is 10.9 Å². The van der Waals surface area contributed by atoms with E-state index in [9.17, 15) is 4.79 Å². The van der Waals surface area contributed by atoms with E-state index in [1.165, 1.54) is 12.0 Å². The second-order valence-electron chi connectivity index (χ2n) is 6.23. The van der Waals surface area contributed by atoms with E-state index < -0.39 is 0 Å². The lowest BCUT2D eigenvalue weighted by Gasteiger charge is -2.20. The quantitative estimate of drug-likeness (QED) is 0.755. The van der Waals surface area contributed by atoms with Gasteiger partial charge in [-0.3, -0.25) is 9.78 Å². The Morgan fingerprint density at radius 1 is 1.04 bits per heavy atom. The Hall–Kier alpha value is -2.75. The van der Waals surface area contributed by atoms with Crippen LogP contribution in [0.25, 0.3) is 10.9 Å². The number of hydrogen-bond donors (Lipinski definition) is 1. The molecule has 0 unspecified atom stereocenters. The van der Waals surface area contributed by atoms with Gasteiger partial charge in [0.05, 0.1) is 11.2 Å². The van der Waals surface area contributed by atoms with Crippen LogP contribution in [0.2, 0.25) is 0 Å². The molecule has 0 bridgehead atoms. The molecule has 0 saturated carbocycles. The molecule has 4 nitrogen and oxygen atoms in total. The van der Waals surface area contributed by atoms with Crippen molar-refractivity contribution in [3.8, 4) is 0 Å². The van der Waals surface area contributed by atoms with Crippen molar-refractivity contribution < 1.29 is 9.36 Å². The molecular formula is C20H20N3O+. The Labute approximate surface area is 141 Å². The fourth-order valence-electron chi connectivity index (χ4n) is 3.40. The van der Waals surface area contributed by atoms with E-state index >= 15 is 0 Å². The molecule has 1 N–H and O–H groups in total. The highest BCUT2D eigenvalue weighted by Crippen LogP contribution is 2.33. The Bertz CT molecular complexity index is 890. The van der Waals surface area contributed by atoms with Crippen LogP contribution in [0.3, 0.4) is 0 Å². The van der Waals surface area contributed by atoms with E-state index in [1.807, 2.05) is 59.4 Å². The third-order valence-corrected chi connectivity index (χ3v) is 4.54. The number of aryl methyl sites for hydroxylation is 1. The highest BCUT2D eigenvalue weighted by molar-refractivity contribution is 6.02. The number of aromatic nitrogens is 2. The molecular weight excluding hydrogens is 298 g/mol. The molecule has 1 aliphatic rings. The zero-order valence-corrected chi connectivity index (χ0v) is 13.5. The van der Waals surface area contributed by atoms with Crippen molar-refractivity contribution >= 4 is 22.5 Å². The summed E-state index contributed by atoms with van der Waals surface area (Å²) in [6.07, 6.45) is 8.12. The molecule has 0 radical (unpaired) electrons. The van der Waals surface area contributed by atoms with Gasteiger partial charge in [0.15, 0.2) is 12.4 Å². The summed E-state index contributed by atoms with van der Waals surface area (Å²) in [7, 11) is 0. The third-order valence-electron chi connectivity index (χ3n) is 4.54. The number of pyridine rings is 2. The number of nitrogens with zero attached hydrogens (tertiary/aromatic N) is 2. The van der Waals surface area contributed by atoms with Crippen molar-refractivity contribution in [1.29, 1.82) is 0 Å². The van der Waals surface area contributed by atoms with E-state index in [0.29, 0.717) is 6.54 Å². The van der Waals surface area contributed by atoms with Crippen LogP contribution in [0.4, 0.5) is 5.69 Å². The van der Waals surface area contributed by atoms with E-state index in [2.05, 4.69) is 5.32 Å². The Kier molecular flexibility index (Phi) is 3.95. The molecule has 1 amide bonds. The van der Waals surface area contributed by atoms with Crippen LogP contribution in [-0.2, 0) is 24.2 Å². The second kappa shape index (κ2) is 6.40. The van der Waals surface area contributed by atoms with Gasteiger partial charge in [0.2, 0.25) is 6.54 Å². The normalized spacial score (nSPS) is 13.5. The van der Waals surface area contributed by atoms with Gasteiger partial charge in [0.1, 0.15) is 0 Å². The number of nitrogens with one attached hydrogen (secondary N) is 1. The maximum absolute atomic E-state index is 12.6. The van der Waals surface area contributed by atoms with Crippen LogP contribution in [0.15, 0.2) is 54.9 Å². The van der Waals surface area contributed by atoms with Crippen molar-refractivity contribution in [3.63, 3.8) is 0 Å². The number of para-hydroxylation sites is 1. The molecule has 120 valence electrons. The molecule has 0 aliphatic heterocycles. The summed E-state index contributed by atoms with van der Waals surface area (Å²) >= 11 is 0. The minimum atomic E-state index is -0.00433. The van der Waals surface area contributed by atoms with E-state index in [1.54, 1.807) is 0 Å². The van der Waals surface area contributed by atoms with Crippen molar-refractivity contribution in [3.05, 3.63) is 66.1 Å². The summed E-state index contributed by atoms with van der Waals surface area (Å²) in [5.74, 6) is -0.00433. The number of anilines is 1. The fraction of sp³-hybridized carbons (Fsp3) is 0.250. The molecule has 0 fully saturated rings. The number of carbonyl (C=O) groups is 1. The van der Waals surface area contributed by atoms with Crippen molar-refractivity contribution in [2.45, 2.75) is 32.2 Å². The SMILES string of the molecule is O=C(C[n+]1ccccc1)Nc1c2c(nc3ccccc13)CCCC2. The van der Waals surface area contributed by atoms with Gasteiger partial charge in [-0.1, -0.05) is 24.3 Å². The van der Waals surface area contributed by atoms with Gasteiger partial charge < -0.3 is 5.32 Å². The van der Waals surface area contributed by atoms with Crippen LogP contribution in [0.1, 0.15) is 24.1 Å². The summed E-state index contributed by atoms with van der Waals surface area (Å²) in [5.41, 5.74) is 4.27. The molecule has 1 aromatic carbocycles. The number of rotatable bonds is 3. The molecule has 3 aromatic rings. The van der Waals surface area contributed by atoms with E-state index in [4.69, 9.17) is 4.98 Å². The summed E-state index contributed by atoms with van der Waals surface area (Å²) < 4.78 is 1.88.